The largest absolute Gasteiger partial charge is 0.351 e. The summed E-state index contributed by atoms with van der Waals surface area (Å²) >= 11 is 6.06. The van der Waals surface area contributed by atoms with Crippen LogP contribution in [-0.4, -0.2) is 25.2 Å². The van der Waals surface area contributed by atoms with Crippen LogP contribution in [0.25, 0.3) is 0 Å². The fourth-order valence-electron chi connectivity index (χ4n) is 3.05. The van der Waals surface area contributed by atoms with E-state index in [0.29, 0.717) is 17.1 Å². The summed E-state index contributed by atoms with van der Waals surface area (Å²) in [5, 5.41) is 3.32. The summed E-state index contributed by atoms with van der Waals surface area (Å²) in [6.45, 7) is 3.95. The van der Waals surface area contributed by atoms with Crippen molar-refractivity contribution in [3.8, 4) is 0 Å². The Bertz CT molecular complexity index is 1140. The molecule has 1 amide bonds. The zero-order valence-corrected chi connectivity index (χ0v) is 19.1. The van der Waals surface area contributed by atoms with E-state index in [1.54, 1.807) is 48.5 Å². The first kappa shape index (κ1) is 23.0. The smallest absolute Gasteiger partial charge is 0.243 e. The third kappa shape index (κ3) is 6.40. The molecule has 5 nitrogen and oxygen atoms in total. The fourth-order valence-corrected chi connectivity index (χ4v) is 4.64. The Kier molecular flexibility index (Phi) is 7.49. The Hall–Kier alpha value is -2.67. The van der Waals surface area contributed by atoms with Crippen LogP contribution in [0.4, 0.5) is 0 Å². The van der Waals surface area contributed by atoms with E-state index in [1.165, 1.54) is 4.31 Å². The number of nitrogens with one attached hydrogen (secondary N) is 1. The molecule has 1 N–H and O–H groups in total. The van der Waals surface area contributed by atoms with Crippen molar-refractivity contribution in [2.45, 2.75) is 31.8 Å². The number of halogens is 1. The van der Waals surface area contributed by atoms with Gasteiger partial charge in [-0.3, -0.25) is 4.79 Å². The predicted molar refractivity (Wildman–Crippen MR) is 123 cm³/mol. The van der Waals surface area contributed by atoms with E-state index in [1.807, 2.05) is 38.1 Å². The molecule has 0 saturated heterocycles. The van der Waals surface area contributed by atoms with Crippen molar-refractivity contribution in [3.05, 3.63) is 100 Å². The number of aryl methyl sites for hydroxylation is 2. The second-order valence-corrected chi connectivity index (χ2v) is 9.85. The summed E-state index contributed by atoms with van der Waals surface area (Å²) in [5.41, 5.74) is 3.74. The van der Waals surface area contributed by atoms with Gasteiger partial charge in [0.05, 0.1) is 11.4 Å². The first-order valence-corrected chi connectivity index (χ1v) is 11.7. The molecular formula is C24H25ClN2O3S. The van der Waals surface area contributed by atoms with E-state index in [0.717, 1.165) is 16.7 Å². The minimum atomic E-state index is -3.88. The molecule has 0 aliphatic carbocycles. The second kappa shape index (κ2) is 10.1. The van der Waals surface area contributed by atoms with Gasteiger partial charge in [-0.05, 0) is 49.2 Å². The minimum Gasteiger partial charge on any atom is -0.351 e. The first-order chi connectivity index (χ1) is 14.7. The molecule has 3 rings (SSSR count). The SMILES string of the molecule is Cc1ccc(CNC(=O)CN(Cc2cccc(Cl)c2)S(=O)(=O)c2ccc(C)cc2)cc1. The van der Waals surface area contributed by atoms with Gasteiger partial charge in [0.2, 0.25) is 15.9 Å². The lowest BCUT2D eigenvalue weighted by Crippen LogP contribution is -2.40. The molecule has 7 heteroatoms. The number of hydrogen-bond donors (Lipinski definition) is 1. The van der Waals surface area contributed by atoms with Gasteiger partial charge >= 0.3 is 0 Å². The van der Waals surface area contributed by atoms with Crippen molar-refractivity contribution in [1.29, 1.82) is 0 Å². The Morgan fingerprint density at radius 1 is 0.903 bits per heavy atom. The standard InChI is InChI=1S/C24H25ClN2O3S/c1-18-6-10-20(11-7-18)15-26-24(28)17-27(16-21-4-3-5-22(25)14-21)31(29,30)23-12-8-19(2)9-13-23/h3-14H,15-17H2,1-2H3,(H,26,28). The molecule has 0 aliphatic heterocycles. The minimum absolute atomic E-state index is 0.0364. The average Bonchev–Trinajstić information content (AvgIpc) is 2.73. The van der Waals surface area contributed by atoms with E-state index >= 15 is 0 Å². The van der Waals surface area contributed by atoms with Gasteiger partial charge in [-0.25, -0.2) is 8.42 Å². The summed E-state index contributed by atoms with van der Waals surface area (Å²) in [5.74, 6) is -0.377. The van der Waals surface area contributed by atoms with Crippen LogP contribution in [0.5, 0.6) is 0 Å². The summed E-state index contributed by atoms with van der Waals surface area (Å²) in [7, 11) is -3.88. The average molecular weight is 457 g/mol. The maximum Gasteiger partial charge on any atom is 0.243 e. The Morgan fingerprint density at radius 2 is 1.52 bits per heavy atom. The lowest BCUT2D eigenvalue weighted by molar-refractivity contribution is -0.121. The van der Waals surface area contributed by atoms with Gasteiger partial charge in [-0.15, -0.1) is 0 Å². The highest BCUT2D eigenvalue weighted by Gasteiger charge is 2.27. The third-order valence-electron chi connectivity index (χ3n) is 4.84. The zero-order chi connectivity index (χ0) is 22.4. The van der Waals surface area contributed by atoms with Gasteiger partial charge in [-0.2, -0.15) is 4.31 Å². The van der Waals surface area contributed by atoms with Crippen molar-refractivity contribution in [2.75, 3.05) is 6.54 Å². The second-order valence-electron chi connectivity index (χ2n) is 7.48. The van der Waals surface area contributed by atoms with Crippen LogP contribution in [0, 0.1) is 13.8 Å². The summed E-state index contributed by atoms with van der Waals surface area (Å²) in [6, 6.07) is 21.3. The molecule has 0 radical (unpaired) electrons. The maximum atomic E-state index is 13.3. The van der Waals surface area contributed by atoms with Crippen LogP contribution in [0.3, 0.4) is 0 Å². The molecule has 31 heavy (non-hydrogen) atoms. The summed E-state index contributed by atoms with van der Waals surface area (Å²) < 4.78 is 27.8. The van der Waals surface area contributed by atoms with Crippen molar-refractivity contribution >= 4 is 27.5 Å². The van der Waals surface area contributed by atoms with Gasteiger partial charge in [0.15, 0.2) is 0 Å². The monoisotopic (exact) mass is 456 g/mol. The highest BCUT2D eigenvalue weighted by Crippen LogP contribution is 2.20. The quantitative estimate of drug-likeness (QED) is 0.544. The van der Waals surface area contributed by atoms with Crippen LogP contribution < -0.4 is 5.32 Å². The van der Waals surface area contributed by atoms with Crippen LogP contribution in [0.2, 0.25) is 5.02 Å². The van der Waals surface area contributed by atoms with Crippen molar-refractivity contribution in [2.24, 2.45) is 0 Å². The number of carbonyl (C=O) groups is 1. The highest BCUT2D eigenvalue weighted by atomic mass is 35.5. The fraction of sp³-hybridized carbons (Fsp3) is 0.208. The Labute approximate surface area is 188 Å². The van der Waals surface area contributed by atoms with Gasteiger partial charge in [0, 0.05) is 18.1 Å². The van der Waals surface area contributed by atoms with Crippen LogP contribution >= 0.6 is 11.6 Å². The molecule has 0 aromatic heterocycles. The molecule has 0 saturated carbocycles. The molecule has 0 fully saturated rings. The molecule has 3 aromatic rings. The molecule has 162 valence electrons. The number of hydrogen-bond acceptors (Lipinski definition) is 3. The lowest BCUT2D eigenvalue weighted by atomic mass is 10.1. The van der Waals surface area contributed by atoms with Gasteiger partial charge in [0.25, 0.3) is 0 Å². The number of carbonyl (C=O) groups excluding carboxylic acids is 1. The number of rotatable bonds is 8. The van der Waals surface area contributed by atoms with Gasteiger partial charge < -0.3 is 5.32 Å². The number of benzene rings is 3. The molecule has 0 heterocycles. The topological polar surface area (TPSA) is 66.5 Å². The van der Waals surface area contributed by atoms with Gasteiger partial charge in [-0.1, -0.05) is 71.3 Å². The molecule has 0 spiro atoms. The molecule has 0 bridgehead atoms. The Balaban J connectivity index is 1.80. The molecular weight excluding hydrogens is 432 g/mol. The van der Waals surface area contributed by atoms with Crippen molar-refractivity contribution in [1.82, 2.24) is 9.62 Å². The molecule has 0 atom stereocenters. The normalized spacial score (nSPS) is 11.5. The zero-order valence-electron chi connectivity index (χ0n) is 17.5. The first-order valence-electron chi connectivity index (χ1n) is 9.87. The molecule has 3 aromatic carbocycles. The van der Waals surface area contributed by atoms with Crippen LogP contribution in [0.15, 0.2) is 77.7 Å². The summed E-state index contributed by atoms with van der Waals surface area (Å²) in [4.78, 5) is 12.8. The maximum absolute atomic E-state index is 13.3. The Morgan fingerprint density at radius 3 is 2.13 bits per heavy atom. The van der Waals surface area contributed by atoms with Gasteiger partial charge in [0.1, 0.15) is 0 Å². The van der Waals surface area contributed by atoms with Crippen LogP contribution in [0.1, 0.15) is 22.3 Å². The van der Waals surface area contributed by atoms with E-state index in [-0.39, 0.29) is 23.9 Å². The molecule has 0 aliphatic rings. The lowest BCUT2D eigenvalue weighted by Gasteiger charge is -2.22. The van der Waals surface area contributed by atoms with Crippen molar-refractivity contribution in [3.63, 3.8) is 0 Å². The third-order valence-corrected chi connectivity index (χ3v) is 6.88. The highest BCUT2D eigenvalue weighted by molar-refractivity contribution is 7.89. The summed E-state index contributed by atoms with van der Waals surface area (Å²) in [6.07, 6.45) is 0. The van der Waals surface area contributed by atoms with E-state index in [2.05, 4.69) is 5.32 Å². The molecule has 0 unspecified atom stereocenters. The predicted octanol–water partition coefficient (Wildman–Crippen LogP) is 4.46. The van der Waals surface area contributed by atoms with E-state index < -0.39 is 10.0 Å². The van der Waals surface area contributed by atoms with E-state index in [4.69, 9.17) is 11.6 Å². The van der Waals surface area contributed by atoms with E-state index in [9.17, 15) is 13.2 Å². The number of nitrogens with zero attached hydrogens (tertiary/aromatic N) is 1. The number of sulfonamides is 1. The number of amides is 1. The van der Waals surface area contributed by atoms with Crippen LogP contribution in [-0.2, 0) is 27.9 Å². The van der Waals surface area contributed by atoms with Crippen molar-refractivity contribution < 1.29 is 13.2 Å².